The maximum absolute atomic E-state index is 10.0. The van der Waals surface area contributed by atoms with Gasteiger partial charge in [-0.05, 0) is 38.0 Å². The van der Waals surface area contributed by atoms with Crippen LogP contribution in [0.1, 0.15) is 26.3 Å². The van der Waals surface area contributed by atoms with Crippen molar-refractivity contribution in [2.45, 2.75) is 39.3 Å². The Labute approximate surface area is 135 Å². The lowest BCUT2D eigenvalue weighted by molar-refractivity contribution is 0.0626. The molecule has 0 aliphatic heterocycles. The third-order valence-electron chi connectivity index (χ3n) is 3.58. The molecule has 0 fully saturated rings. The molecule has 0 saturated carbocycles. The topological polar surface area (TPSA) is 60.2 Å². The third kappa shape index (κ3) is 3.68. The standard InChI is InChI=1S/C18H21N3O2/c1-4-13-5-8-17(19-10-13)23-14-6-7-15-16(9-14)21(12-20-15)11-18(2,3)22/h5-10,12,22H,4,11H2,1-3H3. The van der Waals surface area contributed by atoms with E-state index in [1.54, 1.807) is 20.2 Å². The van der Waals surface area contributed by atoms with Crippen molar-refractivity contribution in [2.24, 2.45) is 0 Å². The van der Waals surface area contributed by atoms with Gasteiger partial charge >= 0.3 is 0 Å². The number of benzene rings is 1. The number of aryl methyl sites for hydroxylation is 1. The molecule has 2 aromatic heterocycles. The van der Waals surface area contributed by atoms with Gasteiger partial charge in [0.25, 0.3) is 0 Å². The van der Waals surface area contributed by atoms with E-state index in [2.05, 4.69) is 16.9 Å². The van der Waals surface area contributed by atoms with Gasteiger partial charge in [0.2, 0.25) is 5.88 Å². The van der Waals surface area contributed by atoms with Gasteiger partial charge in [-0.3, -0.25) is 0 Å². The third-order valence-corrected chi connectivity index (χ3v) is 3.58. The summed E-state index contributed by atoms with van der Waals surface area (Å²) in [5.41, 5.74) is 2.17. The highest BCUT2D eigenvalue weighted by Crippen LogP contribution is 2.25. The van der Waals surface area contributed by atoms with Crippen LogP contribution < -0.4 is 4.74 Å². The largest absolute Gasteiger partial charge is 0.439 e. The molecule has 0 atom stereocenters. The Balaban J connectivity index is 1.87. The van der Waals surface area contributed by atoms with Crippen molar-refractivity contribution in [3.63, 3.8) is 0 Å². The van der Waals surface area contributed by atoms with Gasteiger partial charge in [-0.2, -0.15) is 0 Å². The van der Waals surface area contributed by atoms with Crippen LogP contribution in [0.3, 0.4) is 0 Å². The van der Waals surface area contributed by atoms with E-state index in [1.807, 2.05) is 41.1 Å². The van der Waals surface area contributed by atoms with E-state index >= 15 is 0 Å². The van der Waals surface area contributed by atoms with Crippen molar-refractivity contribution < 1.29 is 9.84 Å². The minimum atomic E-state index is -0.804. The van der Waals surface area contributed by atoms with E-state index in [4.69, 9.17) is 4.74 Å². The lowest BCUT2D eigenvalue weighted by Gasteiger charge is -2.18. The number of hydrogen-bond acceptors (Lipinski definition) is 4. The molecule has 2 heterocycles. The monoisotopic (exact) mass is 311 g/mol. The minimum absolute atomic E-state index is 0.469. The van der Waals surface area contributed by atoms with Crippen molar-refractivity contribution in [3.05, 3.63) is 48.4 Å². The molecule has 23 heavy (non-hydrogen) atoms. The van der Waals surface area contributed by atoms with E-state index in [-0.39, 0.29) is 0 Å². The van der Waals surface area contributed by atoms with E-state index in [0.717, 1.165) is 17.5 Å². The summed E-state index contributed by atoms with van der Waals surface area (Å²) < 4.78 is 7.75. The fourth-order valence-electron chi connectivity index (χ4n) is 2.44. The first-order valence-electron chi connectivity index (χ1n) is 7.75. The Bertz CT molecular complexity index is 801. The molecule has 3 aromatic rings. The maximum Gasteiger partial charge on any atom is 0.219 e. The number of rotatable bonds is 5. The number of pyridine rings is 1. The van der Waals surface area contributed by atoms with E-state index in [0.29, 0.717) is 18.2 Å². The number of aliphatic hydroxyl groups is 1. The van der Waals surface area contributed by atoms with Gasteiger partial charge in [-0.25, -0.2) is 9.97 Å². The van der Waals surface area contributed by atoms with Crippen LogP contribution in [-0.2, 0) is 13.0 Å². The molecule has 1 aromatic carbocycles. The Morgan fingerprint density at radius 3 is 2.65 bits per heavy atom. The summed E-state index contributed by atoms with van der Waals surface area (Å²) in [5.74, 6) is 1.27. The molecule has 5 nitrogen and oxygen atoms in total. The molecule has 0 spiro atoms. The molecule has 0 saturated heterocycles. The van der Waals surface area contributed by atoms with Gasteiger partial charge in [0.15, 0.2) is 0 Å². The number of imidazole rings is 1. The zero-order chi connectivity index (χ0) is 16.4. The van der Waals surface area contributed by atoms with Gasteiger partial charge in [-0.15, -0.1) is 0 Å². The average Bonchev–Trinajstić information content (AvgIpc) is 2.89. The number of fused-ring (bicyclic) bond motifs is 1. The molecular weight excluding hydrogens is 290 g/mol. The number of ether oxygens (including phenoxy) is 1. The fraction of sp³-hybridized carbons (Fsp3) is 0.333. The van der Waals surface area contributed by atoms with E-state index < -0.39 is 5.60 Å². The molecule has 1 N–H and O–H groups in total. The first-order chi connectivity index (χ1) is 10.9. The zero-order valence-electron chi connectivity index (χ0n) is 13.7. The van der Waals surface area contributed by atoms with Gasteiger partial charge < -0.3 is 14.4 Å². The second-order valence-corrected chi connectivity index (χ2v) is 6.30. The van der Waals surface area contributed by atoms with Crippen LogP contribution in [0.5, 0.6) is 11.6 Å². The van der Waals surface area contributed by atoms with Gasteiger partial charge in [0.05, 0.1) is 29.5 Å². The predicted molar refractivity (Wildman–Crippen MR) is 89.7 cm³/mol. The molecule has 0 bridgehead atoms. The van der Waals surface area contributed by atoms with Gasteiger partial charge in [0, 0.05) is 18.3 Å². The summed E-state index contributed by atoms with van der Waals surface area (Å²) in [6.45, 7) is 6.11. The van der Waals surface area contributed by atoms with Crippen molar-refractivity contribution in [1.29, 1.82) is 0 Å². The highest BCUT2D eigenvalue weighted by molar-refractivity contribution is 5.77. The predicted octanol–water partition coefficient (Wildman–Crippen LogP) is 3.56. The van der Waals surface area contributed by atoms with Crippen molar-refractivity contribution in [1.82, 2.24) is 14.5 Å². The zero-order valence-corrected chi connectivity index (χ0v) is 13.7. The van der Waals surface area contributed by atoms with E-state index in [9.17, 15) is 5.11 Å². The SMILES string of the molecule is CCc1ccc(Oc2ccc3ncn(CC(C)(C)O)c3c2)nc1. The molecule has 5 heteroatoms. The summed E-state index contributed by atoms with van der Waals surface area (Å²) in [5, 5.41) is 10.0. The van der Waals surface area contributed by atoms with Crippen LogP contribution in [0.2, 0.25) is 0 Å². The smallest absolute Gasteiger partial charge is 0.219 e. The second kappa shape index (κ2) is 6.01. The van der Waals surface area contributed by atoms with Crippen LogP contribution in [0, 0.1) is 0 Å². The van der Waals surface area contributed by atoms with Crippen LogP contribution in [0.25, 0.3) is 11.0 Å². The molecule has 3 rings (SSSR count). The summed E-state index contributed by atoms with van der Waals surface area (Å²) >= 11 is 0. The first-order valence-corrected chi connectivity index (χ1v) is 7.75. The van der Waals surface area contributed by atoms with Crippen LogP contribution in [0.4, 0.5) is 0 Å². The summed E-state index contributed by atoms with van der Waals surface area (Å²) in [4.78, 5) is 8.66. The first kappa shape index (κ1) is 15.5. The number of hydrogen-bond donors (Lipinski definition) is 1. The molecule has 0 amide bonds. The number of nitrogens with zero attached hydrogens (tertiary/aromatic N) is 3. The second-order valence-electron chi connectivity index (χ2n) is 6.30. The maximum atomic E-state index is 10.0. The Hall–Kier alpha value is -2.40. The van der Waals surface area contributed by atoms with Gasteiger partial charge in [0.1, 0.15) is 5.75 Å². The summed E-state index contributed by atoms with van der Waals surface area (Å²) in [7, 11) is 0. The fourth-order valence-corrected chi connectivity index (χ4v) is 2.44. The minimum Gasteiger partial charge on any atom is -0.439 e. The molecule has 0 aliphatic carbocycles. The lowest BCUT2D eigenvalue weighted by atomic mass is 10.1. The molecule has 0 aliphatic rings. The highest BCUT2D eigenvalue weighted by atomic mass is 16.5. The normalized spacial score (nSPS) is 11.8. The van der Waals surface area contributed by atoms with Crippen LogP contribution in [0.15, 0.2) is 42.9 Å². The Morgan fingerprint density at radius 2 is 2.00 bits per heavy atom. The molecule has 120 valence electrons. The summed E-state index contributed by atoms with van der Waals surface area (Å²) in [6.07, 6.45) is 4.52. The van der Waals surface area contributed by atoms with Crippen LogP contribution >= 0.6 is 0 Å². The number of aromatic nitrogens is 3. The van der Waals surface area contributed by atoms with Crippen molar-refractivity contribution in [3.8, 4) is 11.6 Å². The average molecular weight is 311 g/mol. The van der Waals surface area contributed by atoms with E-state index in [1.165, 1.54) is 5.56 Å². The molecule has 0 unspecified atom stereocenters. The van der Waals surface area contributed by atoms with Crippen LogP contribution in [-0.4, -0.2) is 25.2 Å². The van der Waals surface area contributed by atoms with Crippen molar-refractivity contribution >= 4 is 11.0 Å². The Kier molecular flexibility index (Phi) is 4.05. The Morgan fingerprint density at radius 1 is 1.17 bits per heavy atom. The molecular formula is C18H21N3O2. The quantitative estimate of drug-likeness (QED) is 0.782. The highest BCUT2D eigenvalue weighted by Gasteiger charge is 2.15. The summed E-state index contributed by atoms with van der Waals surface area (Å²) in [6, 6.07) is 9.59. The van der Waals surface area contributed by atoms with Gasteiger partial charge in [-0.1, -0.05) is 13.0 Å². The lowest BCUT2D eigenvalue weighted by Crippen LogP contribution is -2.25. The van der Waals surface area contributed by atoms with Crippen molar-refractivity contribution in [2.75, 3.05) is 0 Å². The molecule has 0 radical (unpaired) electrons.